The first-order valence-electron chi connectivity index (χ1n) is 5.70. The van der Waals surface area contributed by atoms with Gasteiger partial charge in [0.25, 0.3) is 0 Å². The second-order valence-corrected chi connectivity index (χ2v) is 5.06. The number of ketones is 1. The number of halogens is 1. The molecule has 0 bridgehead atoms. The maximum Gasteiger partial charge on any atom is 0.141 e. The highest BCUT2D eigenvalue weighted by Gasteiger charge is 2.28. The van der Waals surface area contributed by atoms with Crippen molar-refractivity contribution in [1.29, 1.82) is 0 Å². The van der Waals surface area contributed by atoms with E-state index in [-0.39, 0.29) is 11.7 Å². The van der Waals surface area contributed by atoms with Crippen LogP contribution in [-0.2, 0) is 11.2 Å². The van der Waals surface area contributed by atoms with Crippen molar-refractivity contribution in [2.75, 3.05) is 14.2 Å². The van der Waals surface area contributed by atoms with Crippen LogP contribution >= 0.6 is 15.9 Å². The SMILES string of the molecule is COc1cc(Br)c(OC)c2c1CC=CC2C(C)=O. The van der Waals surface area contributed by atoms with Gasteiger partial charge in [0.15, 0.2) is 0 Å². The second kappa shape index (κ2) is 5.14. The number of carbonyl (C=O) groups excluding carboxylic acids is 1. The van der Waals surface area contributed by atoms with Crippen LogP contribution in [0.15, 0.2) is 22.7 Å². The molecule has 3 nitrogen and oxygen atoms in total. The van der Waals surface area contributed by atoms with E-state index < -0.39 is 0 Å². The van der Waals surface area contributed by atoms with Crippen molar-refractivity contribution < 1.29 is 14.3 Å². The average molecular weight is 311 g/mol. The summed E-state index contributed by atoms with van der Waals surface area (Å²) < 4.78 is 11.6. The van der Waals surface area contributed by atoms with Crippen LogP contribution in [0, 0.1) is 0 Å². The molecule has 0 saturated heterocycles. The molecule has 0 radical (unpaired) electrons. The molecule has 1 unspecified atom stereocenters. The summed E-state index contributed by atoms with van der Waals surface area (Å²) in [6.45, 7) is 1.59. The van der Waals surface area contributed by atoms with Gasteiger partial charge in [-0.3, -0.25) is 4.79 Å². The average Bonchev–Trinajstić information content (AvgIpc) is 2.37. The summed E-state index contributed by atoms with van der Waals surface area (Å²) in [4.78, 5) is 11.8. The van der Waals surface area contributed by atoms with Crippen LogP contribution < -0.4 is 9.47 Å². The molecule has 96 valence electrons. The molecular formula is C14H15BrO3. The summed E-state index contributed by atoms with van der Waals surface area (Å²) in [7, 11) is 3.25. The van der Waals surface area contributed by atoms with E-state index in [1.807, 2.05) is 18.2 Å². The van der Waals surface area contributed by atoms with Crippen molar-refractivity contribution in [1.82, 2.24) is 0 Å². The van der Waals surface area contributed by atoms with Crippen molar-refractivity contribution in [2.45, 2.75) is 19.3 Å². The van der Waals surface area contributed by atoms with Crippen LogP contribution in [0.4, 0.5) is 0 Å². The molecule has 1 aliphatic rings. The fourth-order valence-corrected chi connectivity index (χ4v) is 2.94. The molecule has 2 rings (SSSR count). The number of methoxy groups -OCH3 is 2. The lowest BCUT2D eigenvalue weighted by Crippen LogP contribution is -2.15. The molecule has 1 aromatic rings. The number of carbonyl (C=O) groups is 1. The van der Waals surface area contributed by atoms with Gasteiger partial charge in [0.1, 0.15) is 17.3 Å². The topological polar surface area (TPSA) is 35.5 Å². The number of hydrogen-bond acceptors (Lipinski definition) is 3. The van der Waals surface area contributed by atoms with E-state index >= 15 is 0 Å². The Morgan fingerprint density at radius 2 is 2.11 bits per heavy atom. The molecule has 0 aliphatic heterocycles. The molecule has 0 aromatic heterocycles. The molecule has 0 fully saturated rings. The molecule has 0 saturated carbocycles. The van der Waals surface area contributed by atoms with Crippen LogP contribution in [0.1, 0.15) is 24.0 Å². The van der Waals surface area contributed by atoms with Crippen LogP contribution in [0.25, 0.3) is 0 Å². The number of fused-ring (bicyclic) bond motifs is 1. The highest BCUT2D eigenvalue weighted by molar-refractivity contribution is 9.10. The molecule has 1 aromatic carbocycles. The number of allylic oxidation sites excluding steroid dienone is 2. The first kappa shape index (κ1) is 13.1. The Labute approximate surface area is 115 Å². The molecule has 18 heavy (non-hydrogen) atoms. The van der Waals surface area contributed by atoms with Crippen LogP contribution in [-0.4, -0.2) is 20.0 Å². The molecule has 0 heterocycles. The normalized spacial score (nSPS) is 17.2. The predicted octanol–water partition coefficient (Wildman–Crippen LogP) is 3.25. The molecule has 0 spiro atoms. The highest BCUT2D eigenvalue weighted by Crippen LogP contribution is 2.44. The van der Waals surface area contributed by atoms with E-state index in [1.54, 1.807) is 21.1 Å². The number of benzene rings is 1. The zero-order chi connectivity index (χ0) is 13.3. The van der Waals surface area contributed by atoms with E-state index in [0.29, 0.717) is 0 Å². The fraction of sp³-hybridized carbons (Fsp3) is 0.357. The van der Waals surface area contributed by atoms with Crippen molar-refractivity contribution in [3.05, 3.63) is 33.8 Å². The maximum atomic E-state index is 11.8. The Hall–Kier alpha value is -1.29. The number of rotatable bonds is 3. The Balaban J connectivity index is 2.72. The molecule has 0 N–H and O–H groups in total. The third-order valence-electron chi connectivity index (χ3n) is 3.17. The molecular weight excluding hydrogens is 296 g/mol. The summed E-state index contributed by atoms with van der Waals surface area (Å²) in [5, 5.41) is 0. The molecule has 4 heteroatoms. The van der Waals surface area contributed by atoms with Gasteiger partial charge < -0.3 is 9.47 Å². The quantitative estimate of drug-likeness (QED) is 0.804. The van der Waals surface area contributed by atoms with Gasteiger partial charge >= 0.3 is 0 Å². The zero-order valence-corrected chi connectivity index (χ0v) is 12.2. The number of ether oxygens (including phenoxy) is 2. The van der Waals surface area contributed by atoms with E-state index in [4.69, 9.17) is 9.47 Å². The van der Waals surface area contributed by atoms with E-state index in [0.717, 1.165) is 33.5 Å². The van der Waals surface area contributed by atoms with E-state index in [1.165, 1.54) is 0 Å². The highest BCUT2D eigenvalue weighted by atomic mass is 79.9. The van der Waals surface area contributed by atoms with Gasteiger partial charge in [-0.2, -0.15) is 0 Å². The Bertz CT molecular complexity index is 520. The summed E-state index contributed by atoms with van der Waals surface area (Å²) >= 11 is 3.46. The summed E-state index contributed by atoms with van der Waals surface area (Å²) in [5.41, 5.74) is 1.94. The zero-order valence-electron chi connectivity index (χ0n) is 10.6. The van der Waals surface area contributed by atoms with Gasteiger partial charge in [-0.05, 0) is 35.3 Å². The van der Waals surface area contributed by atoms with Gasteiger partial charge in [-0.15, -0.1) is 0 Å². The molecule has 1 aliphatic carbocycles. The Kier molecular flexibility index (Phi) is 3.76. The van der Waals surface area contributed by atoms with Crippen molar-refractivity contribution in [3.63, 3.8) is 0 Å². The second-order valence-electron chi connectivity index (χ2n) is 4.21. The summed E-state index contributed by atoms with van der Waals surface area (Å²) in [5.74, 6) is 1.35. The van der Waals surface area contributed by atoms with Crippen molar-refractivity contribution in [3.8, 4) is 11.5 Å². The smallest absolute Gasteiger partial charge is 0.141 e. The predicted molar refractivity (Wildman–Crippen MR) is 73.5 cm³/mol. The van der Waals surface area contributed by atoms with Crippen LogP contribution in [0.3, 0.4) is 0 Å². The largest absolute Gasteiger partial charge is 0.496 e. The first-order valence-corrected chi connectivity index (χ1v) is 6.49. The molecule has 0 amide bonds. The third-order valence-corrected chi connectivity index (χ3v) is 3.75. The van der Waals surface area contributed by atoms with Gasteiger partial charge in [-0.25, -0.2) is 0 Å². The molecule has 1 atom stereocenters. The first-order chi connectivity index (χ1) is 8.60. The fourth-order valence-electron chi connectivity index (χ4n) is 2.35. The minimum Gasteiger partial charge on any atom is -0.496 e. The lowest BCUT2D eigenvalue weighted by Gasteiger charge is -2.24. The van der Waals surface area contributed by atoms with Gasteiger partial charge in [-0.1, -0.05) is 12.2 Å². The van der Waals surface area contributed by atoms with E-state index in [9.17, 15) is 4.79 Å². The van der Waals surface area contributed by atoms with Crippen LogP contribution in [0.5, 0.6) is 11.5 Å². The van der Waals surface area contributed by atoms with E-state index in [2.05, 4.69) is 15.9 Å². The Morgan fingerprint density at radius 1 is 1.39 bits per heavy atom. The lowest BCUT2D eigenvalue weighted by atomic mass is 9.84. The van der Waals surface area contributed by atoms with Crippen LogP contribution in [0.2, 0.25) is 0 Å². The van der Waals surface area contributed by atoms with Gasteiger partial charge in [0.05, 0.1) is 24.6 Å². The number of Topliss-reactive ketones (excluding diaryl/α,β-unsaturated/α-hetero) is 1. The van der Waals surface area contributed by atoms with Gasteiger partial charge in [0, 0.05) is 11.1 Å². The van der Waals surface area contributed by atoms with Gasteiger partial charge in [0.2, 0.25) is 0 Å². The van der Waals surface area contributed by atoms with Crippen molar-refractivity contribution in [2.24, 2.45) is 0 Å². The third kappa shape index (κ3) is 2.05. The minimum atomic E-state index is -0.255. The Morgan fingerprint density at radius 3 is 2.67 bits per heavy atom. The maximum absolute atomic E-state index is 11.8. The minimum absolute atomic E-state index is 0.102. The number of hydrogen-bond donors (Lipinski definition) is 0. The summed E-state index contributed by atoms with van der Waals surface area (Å²) in [6, 6.07) is 1.88. The standard InChI is InChI=1S/C14H15BrO3/c1-8(16)9-5-4-6-10-12(17-2)7-11(15)14(18-3)13(9)10/h4-5,7,9H,6H2,1-3H3. The summed E-state index contributed by atoms with van der Waals surface area (Å²) in [6.07, 6.45) is 4.69. The lowest BCUT2D eigenvalue weighted by molar-refractivity contribution is -0.117. The van der Waals surface area contributed by atoms with Crippen molar-refractivity contribution >= 4 is 21.7 Å². The monoisotopic (exact) mass is 310 g/mol.